The summed E-state index contributed by atoms with van der Waals surface area (Å²) in [4.78, 5) is 0. The molecule has 1 aliphatic carbocycles. The third-order valence-electron chi connectivity index (χ3n) is 4.00. The van der Waals surface area contributed by atoms with E-state index in [0.29, 0.717) is 5.92 Å². The summed E-state index contributed by atoms with van der Waals surface area (Å²) in [5, 5.41) is 3.29. The van der Waals surface area contributed by atoms with Gasteiger partial charge in [-0.15, -0.1) is 0 Å². The van der Waals surface area contributed by atoms with Crippen LogP contribution in [0.25, 0.3) is 0 Å². The fraction of sp³-hybridized carbons (Fsp3) is 1.00. The zero-order chi connectivity index (χ0) is 14.3. The third kappa shape index (κ3) is 6.61. The van der Waals surface area contributed by atoms with Crippen molar-refractivity contribution in [1.82, 2.24) is 5.32 Å². The summed E-state index contributed by atoms with van der Waals surface area (Å²) in [6.07, 6.45) is 1.60. The molecule has 0 aromatic carbocycles. The van der Waals surface area contributed by atoms with Crippen molar-refractivity contribution in [1.29, 1.82) is 0 Å². The summed E-state index contributed by atoms with van der Waals surface area (Å²) in [6, 6.07) is 0.0571. The lowest BCUT2D eigenvalue weighted by Gasteiger charge is -2.34. The number of hydrogen-bond acceptors (Lipinski definition) is 2. The Bertz CT molecular complexity index is 245. The lowest BCUT2D eigenvalue weighted by atomic mass is 9.77. The normalized spacial score (nSPS) is 26.4. The van der Waals surface area contributed by atoms with E-state index in [1.165, 1.54) is 19.3 Å². The Labute approximate surface area is 114 Å². The highest BCUT2D eigenvalue weighted by Crippen LogP contribution is 2.33. The number of nitrogens with one attached hydrogen (secondary N) is 1. The van der Waals surface area contributed by atoms with Crippen LogP contribution in [-0.2, 0) is 4.74 Å². The predicted octanol–water partition coefficient (Wildman–Crippen LogP) is 3.76. The van der Waals surface area contributed by atoms with Crippen LogP contribution in [0.1, 0.15) is 46.0 Å². The van der Waals surface area contributed by atoms with E-state index in [2.05, 4.69) is 12.2 Å². The fourth-order valence-electron chi connectivity index (χ4n) is 2.99. The zero-order valence-corrected chi connectivity index (χ0v) is 11.9. The van der Waals surface area contributed by atoms with Gasteiger partial charge in [-0.1, -0.05) is 33.1 Å². The van der Waals surface area contributed by atoms with Crippen LogP contribution in [-0.4, -0.2) is 32.0 Å². The van der Waals surface area contributed by atoms with E-state index in [1.54, 1.807) is 0 Å². The molecule has 0 amide bonds. The van der Waals surface area contributed by atoms with E-state index in [4.69, 9.17) is 4.74 Å². The number of hydrogen-bond donors (Lipinski definition) is 1. The van der Waals surface area contributed by atoms with Crippen molar-refractivity contribution in [3.05, 3.63) is 0 Å². The maximum Gasteiger partial charge on any atom is 0.411 e. The predicted molar refractivity (Wildman–Crippen MR) is 70.1 cm³/mol. The number of likely N-dealkylation sites (N-methyl/N-ethyl adjacent to an activating group) is 1. The Kier molecular flexibility index (Phi) is 7.15. The molecular weight excluding hydrogens is 255 g/mol. The molecule has 1 fully saturated rings. The Balaban J connectivity index is 2.42. The van der Waals surface area contributed by atoms with Crippen LogP contribution in [0.5, 0.6) is 0 Å². The van der Waals surface area contributed by atoms with Crippen LogP contribution >= 0.6 is 0 Å². The van der Waals surface area contributed by atoms with E-state index < -0.39 is 12.8 Å². The maximum absolute atomic E-state index is 12.1. The lowest BCUT2D eigenvalue weighted by Crippen LogP contribution is -2.42. The Morgan fingerprint density at radius 2 is 2.00 bits per heavy atom. The quantitative estimate of drug-likeness (QED) is 0.767. The molecule has 1 N–H and O–H groups in total. The molecular formula is C14H26F3NO. The molecule has 1 saturated carbocycles. The van der Waals surface area contributed by atoms with Gasteiger partial charge in [-0.2, -0.15) is 13.2 Å². The van der Waals surface area contributed by atoms with Crippen LogP contribution in [0.15, 0.2) is 0 Å². The monoisotopic (exact) mass is 281 g/mol. The first-order chi connectivity index (χ1) is 8.96. The average molecular weight is 281 g/mol. The summed E-state index contributed by atoms with van der Waals surface area (Å²) in [6.45, 7) is 3.97. The molecule has 5 heteroatoms. The third-order valence-corrected chi connectivity index (χ3v) is 4.00. The van der Waals surface area contributed by atoms with Crippen LogP contribution < -0.4 is 5.32 Å². The second-order valence-corrected chi connectivity index (χ2v) is 5.50. The maximum atomic E-state index is 12.1. The topological polar surface area (TPSA) is 21.3 Å². The second kappa shape index (κ2) is 8.10. The summed E-state index contributed by atoms with van der Waals surface area (Å²) in [5.41, 5.74) is 0. The summed E-state index contributed by atoms with van der Waals surface area (Å²) in [7, 11) is 0. The van der Waals surface area contributed by atoms with Crippen molar-refractivity contribution in [2.45, 2.75) is 58.2 Å². The van der Waals surface area contributed by atoms with Gasteiger partial charge in [-0.05, 0) is 31.2 Å². The number of rotatable bonds is 7. The molecule has 0 aromatic rings. The van der Waals surface area contributed by atoms with E-state index in [0.717, 1.165) is 25.3 Å². The first-order valence-electron chi connectivity index (χ1n) is 7.34. The van der Waals surface area contributed by atoms with Gasteiger partial charge in [0.15, 0.2) is 0 Å². The van der Waals surface area contributed by atoms with Gasteiger partial charge in [0.25, 0.3) is 0 Å². The van der Waals surface area contributed by atoms with Gasteiger partial charge in [0.2, 0.25) is 0 Å². The van der Waals surface area contributed by atoms with Crippen molar-refractivity contribution < 1.29 is 17.9 Å². The molecule has 0 spiro atoms. The molecule has 19 heavy (non-hydrogen) atoms. The number of halogens is 3. The van der Waals surface area contributed by atoms with Crippen LogP contribution in [0.2, 0.25) is 0 Å². The highest BCUT2D eigenvalue weighted by molar-refractivity contribution is 4.82. The summed E-state index contributed by atoms with van der Waals surface area (Å²) in [5.74, 6) is 1.18. The molecule has 3 unspecified atom stereocenters. The minimum atomic E-state index is -4.23. The van der Waals surface area contributed by atoms with Gasteiger partial charge in [0.1, 0.15) is 6.61 Å². The lowest BCUT2D eigenvalue weighted by molar-refractivity contribution is -0.176. The van der Waals surface area contributed by atoms with Crippen molar-refractivity contribution in [3.8, 4) is 0 Å². The zero-order valence-electron chi connectivity index (χ0n) is 11.9. The molecule has 114 valence electrons. The van der Waals surface area contributed by atoms with Gasteiger partial charge < -0.3 is 10.1 Å². The largest absolute Gasteiger partial charge is 0.411 e. The van der Waals surface area contributed by atoms with E-state index in [-0.39, 0.29) is 12.6 Å². The van der Waals surface area contributed by atoms with Crippen molar-refractivity contribution in [2.75, 3.05) is 19.8 Å². The molecule has 0 radical (unpaired) electrons. The minimum Gasteiger partial charge on any atom is -0.370 e. The van der Waals surface area contributed by atoms with E-state index >= 15 is 0 Å². The van der Waals surface area contributed by atoms with Gasteiger partial charge >= 0.3 is 6.18 Å². The van der Waals surface area contributed by atoms with Crippen molar-refractivity contribution >= 4 is 0 Å². The molecule has 1 aliphatic rings. The first-order valence-corrected chi connectivity index (χ1v) is 7.34. The first kappa shape index (κ1) is 16.8. The van der Waals surface area contributed by atoms with Crippen LogP contribution in [0.3, 0.4) is 0 Å². The number of ether oxygens (including phenoxy) is 1. The molecule has 0 aromatic heterocycles. The highest BCUT2D eigenvalue weighted by atomic mass is 19.4. The molecule has 0 heterocycles. The standard InChI is InChI=1S/C14H26F3NO/c1-3-11-6-5-7-12(8-11)13(18-4-2)9-19-10-14(15,16)17/h11-13,18H,3-10H2,1-2H3. The second-order valence-electron chi connectivity index (χ2n) is 5.50. The van der Waals surface area contributed by atoms with E-state index in [1.807, 2.05) is 6.92 Å². The smallest absolute Gasteiger partial charge is 0.370 e. The molecule has 3 atom stereocenters. The molecule has 0 bridgehead atoms. The van der Waals surface area contributed by atoms with Crippen LogP contribution in [0, 0.1) is 11.8 Å². The van der Waals surface area contributed by atoms with Crippen molar-refractivity contribution in [3.63, 3.8) is 0 Å². The van der Waals surface area contributed by atoms with Crippen LogP contribution in [0.4, 0.5) is 13.2 Å². The molecule has 2 nitrogen and oxygen atoms in total. The Morgan fingerprint density at radius 1 is 1.26 bits per heavy atom. The van der Waals surface area contributed by atoms with E-state index in [9.17, 15) is 13.2 Å². The summed E-state index contributed by atoms with van der Waals surface area (Å²) < 4.78 is 41.2. The Hall–Kier alpha value is -0.290. The van der Waals surface area contributed by atoms with Gasteiger partial charge in [-0.3, -0.25) is 0 Å². The molecule has 0 saturated heterocycles. The number of alkyl halides is 3. The molecule has 1 rings (SSSR count). The van der Waals surface area contributed by atoms with Gasteiger partial charge in [-0.25, -0.2) is 0 Å². The summed E-state index contributed by atoms with van der Waals surface area (Å²) >= 11 is 0. The minimum absolute atomic E-state index is 0.0571. The van der Waals surface area contributed by atoms with Gasteiger partial charge in [0, 0.05) is 6.04 Å². The highest BCUT2D eigenvalue weighted by Gasteiger charge is 2.30. The molecule has 0 aliphatic heterocycles. The van der Waals surface area contributed by atoms with Gasteiger partial charge in [0.05, 0.1) is 6.61 Å². The van der Waals surface area contributed by atoms with Crippen molar-refractivity contribution in [2.24, 2.45) is 11.8 Å². The SMILES string of the molecule is CCNC(COCC(F)(F)F)C1CCCC(CC)C1. The average Bonchev–Trinajstić information content (AvgIpc) is 2.36. The fourth-order valence-corrected chi connectivity index (χ4v) is 2.99. The Morgan fingerprint density at radius 3 is 2.58 bits per heavy atom.